The van der Waals surface area contributed by atoms with Crippen molar-refractivity contribution in [2.75, 3.05) is 0 Å². The maximum absolute atomic E-state index is 13.1. The number of rotatable bonds is 5. The Labute approximate surface area is 170 Å². The summed E-state index contributed by atoms with van der Waals surface area (Å²) in [6.07, 6.45) is 0.172. The van der Waals surface area contributed by atoms with E-state index in [0.717, 1.165) is 38.5 Å². The summed E-state index contributed by atoms with van der Waals surface area (Å²) in [5, 5.41) is 7.45. The first-order valence-electron chi connectivity index (χ1n) is 10.2. The highest BCUT2D eigenvalue weighted by molar-refractivity contribution is 5.98. The predicted octanol–water partition coefficient (Wildman–Crippen LogP) is 4.56. The summed E-state index contributed by atoms with van der Waals surface area (Å²) < 4.78 is 54.0. The molecule has 0 radical (unpaired) electrons. The van der Waals surface area contributed by atoms with Gasteiger partial charge in [0.1, 0.15) is 23.1 Å². The molecule has 6 nitrogen and oxygen atoms in total. The number of carbonyl (C=O) groups is 1. The van der Waals surface area contributed by atoms with Crippen molar-refractivity contribution in [3.05, 3.63) is 35.6 Å². The summed E-state index contributed by atoms with van der Waals surface area (Å²) in [6, 6.07) is 6.28. The Balaban J connectivity index is 1.47. The molecule has 1 N–H and O–H groups in total. The topological polar surface area (TPSA) is 73.6 Å². The van der Waals surface area contributed by atoms with Crippen molar-refractivity contribution in [1.29, 1.82) is 0 Å². The fourth-order valence-corrected chi connectivity index (χ4v) is 4.50. The van der Waals surface area contributed by atoms with E-state index in [2.05, 4.69) is 15.2 Å². The van der Waals surface area contributed by atoms with Crippen molar-refractivity contribution in [3.63, 3.8) is 0 Å². The molecule has 160 valence electrons. The van der Waals surface area contributed by atoms with Crippen LogP contribution in [0.15, 0.2) is 28.8 Å². The largest absolute Gasteiger partial charge is 0.573 e. The van der Waals surface area contributed by atoms with Crippen LogP contribution < -0.4 is 10.1 Å². The standard InChI is InChI=1S/C21H21F3N2O4/c22-21(23,24)29-16-4-2-1-3-15(16)18-17(19(30-26-18)11-5-6-11)20(27)28-14-9-12-7-8-13(10-14)25-12/h1-4,11-14,25H,5-10H2/t12-,13+,14?. The van der Waals surface area contributed by atoms with Gasteiger partial charge in [0, 0.05) is 23.6 Å². The molecule has 1 aromatic heterocycles. The lowest BCUT2D eigenvalue weighted by Gasteiger charge is -2.28. The second-order valence-corrected chi connectivity index (χ2v) is 8.23. The molecule has 1 aliphatic carbocycles. The van der Waals surface area contributed by atoms with Crippen molar-refractivity contribution in [3.8, 4) is 17.0 Å². The first-order chi connectivity index (χ1) is 14.4. The van der Waals surface area contributed by atoms with Gasteiger partial charge in [0.25, 0.3) is 0 Å². The van der Waals surface area contributed by atoms with Crippen LogP contribution in [0, 0.1) is 0 Å². The monoisotopic (exact) mass is 422 g/mol. The minimum absolute atomic E-state index is 0.0265. The normalized spacial score (nSPS) is 25.9. The lowest BCUT2D eigenvalue weighted by Crippen LogP contribution is -2.42. The number of carbonyl (C=O) groups excluding carboxylic acids is 1. The van der Waals surface area contributed by atoms with E-state index in [9.17, 15) is 18.0 Å². The predicted molar refractivity (Wildman–Crippen MR) is 99.0 cm³/mol. The highest BCUT2D eigenvalue weighted by Crippen LogP contribution is 2.46. The Morgan fingerprint density at radius 3 is 2.47 bits per heavy atom. The minimum Gasteiger partial charge on any atom is -0.459 e. The number of para-hydroxylation sites is 1. The summed E-state index contributed by atoms with van der Waals surface area (Å²) in [6.45, 7) is 0. The average molecular weight is 422 g/mol. The van der Waals surface area contributed by atoms with Crippen LogP contribution in [-0.4, -0.2) is 35.7 Å². The van der Waals surface area contributed by atoms with E-state index < -0.39 is 18.1 Å². The summed E-state index contributed by atoms with van der Waals surface area (Å²) in [5.74, 6) is -0.613. The molecular weight excluding hydrogens is 401 g/mol. The number of nitrogens with zero attached hydrogens (tertiary/aromatic N) is 1. The van der Waals surface area contributed by atoms with Gasteiger partial charge in [-0.15, -0.1) is 13.2 Å². The van der Waals surface area contributed by atoms with Gasteiger partial charge in [0.05, 0.1) is 0 Å². The van der Waals surface area contributed by atoms with Gasteiger partial charge in [-0.05, 0) is 50.7 Å². The molecule has 30 heavy (non-hydrogen) atoms. The number of piperidine rings is 1. The van der Waals surface area contributed by atoms with E-state index in [1.165, 1.54) is 18.2 Å². The number of ether oxygens (including phenoxy) is 2. The molecule has 1 aromatic carbocycles. The van der Waals surface area contributed by atoms with Crippen molar-refractivity contribution in [2.24, 2.45) is 0 Å². The molecule has 2 saturated heterocycles. The average Bonchev–Trinajstić information content (AvgIpc) is 3.34. The molecule has 2 aliphatic heterocycles. The van der Waals surface area contributed by atoms with E-state index in [1.807, 2.05) is 0 Å². The Hall–Kier alpha value is -2.55. The third-order valence-corrected chi connectivity index (χ3v) is 5.94. The lowest BCUT2D eigenvalue weighted by atomic mass is 10.0. The molecule has 2 aromatic rings. The van der Waals surface area contributed by atoms with Gasteiger partial charge >= 0.3 is 12.3 Å². The van der Waals surface area contributed by atoms with Crippen LogP contribution in [0.5, 0.6) is 5.75 Å². The highest BCUT2D eigenvalue weighted by atomic mass is 19.4. The number of fused-ring (bicyclic) bond motifs is 2. The van der Waals surface area contributed by atoms with Crippen molar-refractivity contribution in [1.82, 2.24) is 10.5 Å². The summed E-state index contributed by atoms with van der Waals surface area (Å²) in [4.78, 5) is 13.1. The van der Waals surface area contributed by atoms with Gasteiger partial charge in [0.15, 0.2) is 5.76 Å². The molecule has 3 heterocycles. The number of nitrogens with one attached hydrogen (secondary N) is 1. The van der Waals surface area contributed by atoms with E-state index in [-0.39, 0.29) is 28.8 Å². The molecule has 0 amide bonds. The van der Waals surface area contributed by atoms with Crippen LogP contribution in [0.25, 0.3) is 11.3 Å². The van der Waals surface area contributed by atoms with Crippen molar-refractivity contribution < 1.29 is 32.0 Å². The van der Waals surface area contributed by atoms with E-state index in [4.69, 9.17) is 9.26 Å². The maximum Gasteiger partial charge on any atom is 0.573 e. The molecule has 3 fully saturated rings. The van der Waals surface area contributed by atoms with Gasteiger partial charge in [-0.1, -0.05) is 17.3 Å². The van der Waals surface area contributed by atoms with E-state index in [1.54, 1.807) is 6.07 Å². The Kier molecular flexibility index (Phi) is 4.72. The fraction of sp³-hybridized carbons (Fsp3) is 0.524. The maximum atomic E-state index is 13.1. The van der Waals surface area contributed by atoms with Gasteiger partial charge < -0.3 is 19.3 Å². The first kappa shape index (κ1) is 19.4. The van der Waals surface area contributed by atoms with Crippen molar-refractivity contribution >= 4 is 5.97 Å². The Morgan fingerprint density at radius 1 is 1.10 bits per heavy atom. The Bertz CT molecular complexity index is 942. The van der Waals surface area contributed by atoms with Crippen LogP contribution in [0.4, 0.5) is 13.2 Å². The van der Waals surface area contributed by atoms with E-state index in [0.29, 0.717) is 17.8 Å². The van der Waals surface area contributed by atoms with Crippen molar-refractivity contribution in [2.45, 2.75) is 69.0 Å². The minimum atomic E-state index is -4.87. The van der Waals surface area contributed by atoms with Crippen LogP contribution >= 0.6 is 0 Å². The molecular formula is C21H21F3N2O4. The third-order valence-electron chi connectivity index (χ3n) is 5.94. The third kappa shape index (κ3) is 3.90. The van der Waals surface area contributed by atoms with Gasteiger partial charge in [-0.25, -0.2) is 4.79 Å². The lowest BCUT2D eigenvalue weighted by molar-refractivity contribution is -0.274. The second-order valence-electron chi connectivity index (χ2n) is 8.23. The number of alkyl halides is 3. The fourth-order valence-electron chi connectivity index (χ4n) is 4.50. The zero-order valence-electron chi connectivity index (χ0n) is 16.1. The molecule has 2 bridgehead atoms. The highest BCUT2D eigenvalue weighted by Gasteiger charge is 2.40. The molecule has 0 spiro atoms. The molecule has 3 atom stereocenters. The first-order valence-corrected chi connectivity index (χ1v) is 10.2. The Morgan fingerprint density at radius 2 is 1.80 bits per heavy atom. The van der Waals surface area contributed by atoms with Crippen LogP contribution in [0.2, 0.25) is 0 Å². The SMILES string of the molecule is O=C(OC1C[C@H]2CC[C@@H](C1)N2)c1c(-c2ccccc2OC(F)(F)F)noc1C1CC1. The quantitative estimate of drug-likeness (QED) is 0.713. The van der Waals surface area contributed by atoms with E-state index >= 15 is 0 Å². The summed E-state index contributed by atoms with van der Waals surface area (Å²) in [7, 11) is 0. The van der Waals surface area contributed by atoms with Gasteiger partial charge in [0.2, 0.25) is 0 Å². The van der Waals surface area contributed by atoms with Crippen LogP contribution in [-0.2, 0) is 4.74 Å². The van der Waals surface area contributed by atoms with Crippen LogP contribution in [0.3, 0.4) is 0 Å². The summed E-state index contributed by atoms with van der Waals surface area (Å²) >= 11 is 0. The number of hydrogen-bond acceptors (Lipinski definition) is 6. The zero-order valence-corrected chi connectivity index (χ0v) is 16.1. The molecule has 1 saturated carbocycles. The smallest absolute Gasteiger partial charge is 0.459 e. The van der Waals surface area contributed by atoms with Gasteiger partial charge in [-0.3, -0.25) is 0 Å². The van der Waals surface area contributed by atoms with Gasteiger partial charge in [-0.2, -0.15) is 0 Å². The number of halogens is 3. The summed E-state index contributed by atoms with van der Waals surface area (Å²) in [5.41, 5.74) is 0.183. The van der Waals surface area contributed by atoms with Crippen LogP contribution in [0.1, 0.15) is 60.6 Å². The molecule has 5 rings (SSSR count). The number of benzene rings is 1. The molecule has 1 unspecified atom stereocenters. The number of hydrogen-bond donors (Lipinski definition) is 1. The number of esters is 1. The molecule has 3 aliphatic rings. The molecule has 9 heteroatoms. The second kappa shape index (κ2) is 7.30. The number of aromatic nitrogens is 1. The zero-order chi connectivity index (χ0) is 20.9.